The number of nitrogens with zero attached hydrogens (tertiary/aromatic N) is 1. The molecule has 0 aliphatic heterocycles. The molecule has 7 heteroatoms. The highest BCUT2D eigenvalue weighted by atomic mass is 19.1. The molecule has 15 heavy (non-hydrogen) atoms. The van der Waals surface area contributed by atoms with Crippen molar-refractivity contribution in [3.63, 3.8) is 0 Å². The third-order valence-electron chi connectivity index (χ3n) is 1.88. The maximum atomic E-state index is 12.9. The molecule has 0 saturated carbocycles. The molecule has 1 heterocycles. The van der Waals surface area contributed by atoms with Crippen molar-refractivity contribution in [1.29, 1.82) is 0 Å². The van der Waals surface area contributed by atoms with Crippen LogP contribution in [0.5, 0.6) is 0 Å². The van der Waals surface area contributed by atoms with Crippen LogP contribution in [0, 0.1) is 5.82 Å². The normalized spacial score (nSPS) is 12.7. The molecule has 0 fully saturated rings. The van der Waals surface area contributed by atoms with E-state index in [1.54, 1.807) is 4.98 Å². The molecule has 0 aliphatic carbocycles. The highest BCUT2D eigenvalue weighted by Gasteiger charge is 2.13. The lowest BCUT2D eigenvalue weighted by atomic mass is 10.4. The lowest BCUT2D eigenvalue weighted by Crippen LogP contribution is -2.34. The first-order chi connectivity index (χ1) is 7.10. The summed E-state index contributed by atoms with van der Waals surface area (Å²) in [6.07, 6.45) is 0.0845. The largest absolute Gasteiger partial charge is 0.396 e. The molecule has 1 unspecified atom stereocenters. The van der Waals surface area contributed by atoms with Crippen molar-refractivity contribution in [3.8, 4) is 0 Å². The Balaban J connectivity index is 3.18. The van der Waals surface area contributed by atoms with Crippen molar-refractivity contribution in [2.24, 2.45) is 0 Å². The Bertz CT molecular complexity index is 439. The smallest absolute Gasteiger partial charge is 0.330 e. The molecule has 0 saturated heterocycles. The summed E-state index contributed by atoms with van der Waals surface area (Å²) in [7, 11) is 1.32. The molecule has 0 aromatic carbocycles. The van der Waals surface area contributed by atoms with Crippen molar-refractivity contribution in [1.82, 2.24) is 9.55 Å². The van der Waals surface area contributed by atoms with E-state index in [1.165, 1.54) is 7.11 Å². The number of ether oxygens (including phenoxy) is 1. The minimum absolute atomic E-state index is 0.127. The van der Waals surface area contributed by atoms with Gasteiger partial charge >= 0.3 is 5.69 Å². The van der Waals surface area contributed by atoms with E-state index in [4.69, 9.17) is 9.84 Å². The van der Waals surface area contributed by atoms with Gasteiger partial charge in [-0.05, 0) is 0 Å². The van der Waals surface area contributed by atoms with Crippen molar-refractivity contribution in [2.75, 3.05) is 13.7 Å². The van der Waals surface area contributed by atoms with E-state index in [2.05, 4.69) is 0 Å². The van der Waals surface area contributed by atoms with Crippen molar-refractivity contribution in [2.45, 2.75) is 12.6 Å². The van der Waals surface area contributed by atoms with E-state index < -0.39 is 23.3 Å². The Kier molecular flexibility index (Phi) is 3.75. The fourth-order valence-electron chi connectivity index (χ4n) is 1.16. The lowest BCUT2D eigenvalue weighted by Gasteiger charge is -2.16. The zero-order valence-corrected chi connectivity index (χ0v) is 8.07. The van der Waals surface area contributed by atoms with E-state index in [9.17, 15) is 14.0 Å². The van der Waals surface area contributed by atoms with Gasteiger partial charge in [-0.2, -0.15) is 4.39 Å². The number of hydrogen-bond acceptors (Lipinski definition) is 4. The zero-order chi connectivity index (χ0) is 11.4. The van der Waals surface area contributed by atoms with Crippen LogP contribution in [0.1, 0.15) is 12.6 Å². The second-order valence-corrected chi connectivity index (χ2v) is 2.85. The van der Waals surface area contributed by atoms with E-state index in [-0.39, 0.29) is 13.0 Å². The van der Waals surface area contributed by atoms with Crippen molar-refractivity contribution >= 4 is 0 Å². The first-order valence-electron chi connectivity index (χ1n) is 4.24. The second kappa shape index (κ2) is 4.85. The van der Waals surface area contributed by atoms with Crippen LogP contribution in [0.4, 0.5) is 4.39 Å². The Morgan fingerprint density at radius 1 is 1.67 bits per heavy atom. The van der Waals surface area contributed by atoms with Gasteiger partial charge in [0.15, 0.2) is 0 Å². The predicted octanol–water partition coefficient (Wildman–Crippen LogP) is -0.797. The molecule has 84 valence electrons. The molecule has 0 radical (unpaired) electrons. The Morgan fingerprint density at radius 2 is 2.33 bits per heavy atom. The van der Waals surface area contributed by atoms with Gasteiger partial charge in [-0.25, -0.2) is 4.79 Å². The van der Waals surface area contributed by atoms with Gasteiger partial charge in [-0.15, -0.1) is 0 Å². The van der Waals surface area contributed by atoms with Gasteiger partial charge in [0.05, 0.1) is 6.20 Å². The Hall–Kier alpha value is -1.47. The number of H-pyrrole nitrogens is 1. The quantitative estimate of drug-likeness (QED) is 0.693. The molecule has 6 nitrogen and oxygen atoms in total. The molecule has 0 spiro atoms. The Labute approximate surface area is 83.9 Å². The van der Waals surface area contributed by atoms with Gasteiger partial charge in [0, 0.05) is 20.1 Å². The minimum Gasteiger partial charge on any atom is -0.396 e. The van der Waals surface area contributed by atoms with Gasteiger partial charge < -0.3 is 9.84 Å². The summed E-state index contributed by atoms with van der Waals surface area (Å²) in [4.78, 5) is 23.8. The summed E-state index contributed by atoms with van der Waals surface area (Å²) in [5.41, 5.74) is -1.85. The summed E-state index contributed by atoms with van der Waals surface area (Å²) < 4.78 is 18.6. The van der Waals surface area contributed by atoms with Crippen LogP contribution < -0.4 is 11.2 Å². The first-order valence-corrected chi connectivity index (χ1v) is 4.24. The molecule has 0 aliphatic rings. The molecule has 0 amide bonds. The Morgan fingerprint density at radius 3 is 2.87 bits per heavy atom. The number of nitrogens with one attached hydrogen (secondary N) is 1. The molecule has 1 atom stereocenters. The molecule has 1 aromatic heterocycles. The van der Waals surface area contributed by atoms with Crippen LogP contribution in [-0.2, 0) is 4.74 Å². The van der Waals surface area contributed by atoms with Gasteiger partial charge in [0.2, 0.25) is 5.82 Å². The lowest BCUT2D eigenvalue weighted by molar-refractivity contribution is 0.0189. The standard InChI is InChI=1S/C8H11FN2O4/c1-15-6(2-3-12)11-4-5(9)7(13)10-8(11)14/h4,6,12H,2-3H2,1H3,(H,10,13,14). The number of aromatic nitrogens is 2. The molecule has 2 N–H and O–H groups in total. The maximum absolute atomic E-state index is 12.9. The summed E-state index contributed by atoms with van der Waals surface area (Å²) in [5.74, 6) is -1.07. The summed E-state index contributed by atoms with van der Waals surface area (Å²) in [5, 5.41) is 8.68. The number of aliphatic hydroxyl groups excluding tert-OH is 1. The summed E-state index contributed by atoms with van der Waals surface area (Å²) in [6.45, 7) is -0.217. The fraction of sp³-hybridized carbons (Fsp3) is 0.500. The van der Waals surface area contributed by atoms with E-state index >= 15 is 0 Å². The molecule has 1 aromatic rings. The van der Waals surface area contributed by atoms with Gasteiger partial charge in [0.1, 0.15) is 6.23 Å². The zero-order valence-electron chi connectivity index (χ0n) is 8.07. The van der Waals surface area contributed by atoms with E-state index in [0.717, 1.165) is 10.8 Å². The van der Waals surface area contributed by atoms with Crippen LogP contribution in [-0.4, -0.2) is 28.4 Å². The average molecular weight is 218 g/mol. The van der Waals surface area contributed by atoms with Gasteiger partial charge in [0.25, 0.3) is 5.56 Å². The maximum Gasteiger partial charge on any atom is 0.330 e. The number of aromatic amines is 1. The van der Waals surface area contributed by atoms with E-state index in [0.29, 0.717) is 0 Å². The average Bonchev–Trinajstić information content (AvgIpc) is 2.20. The van der Waals surface area contributed by atoms with E-state index in [1.807, 2.05) is 0 Å². The molecule has 0 bridgehead atoms. The molecular weight excluding hydrogens is 207 g/mol. The molecular formula is C8H11FN2O4. The summed E-state index contributed by atoms with van der Waals surface area (Å²) >= 11 is 0. The summed E-state index contributed by atoms with van der Waals surface area (Å²) in [6, 6.07) is 0. The highest BCUT2D eigenvalue weighted by molar-refractivity contribution is 4.88. The van der Waals surface area contributed by atoms with Crippen LogP contribution in [0.25, 0.3) is 0 Å². The minimum atomic E-state index is -1.07. The van der Waals surface area contributed by atoms with Crippen LogP contribution in [0.15, 0.2) is 15.8 Å². The number of aliphatic hydroxyl groups is 1. The van der Waals surface area contributed by atoms with Gasteiger partial charge in [-0.1, -0.05) is 0 Å². The SMILES string of the molecule is COC(CCO)n1cc(F)c(=O)[nH]c1=O. The van der Waals surface area contributed by atoms with Crippen molar-refractivity contribution < 1.29 is 14.2 Å². The third kappa shape index (κ3) is 2.51. The number of methoxy groups -OCH3 is 1. The topological polar surface area (TPSA) is 84.3 Å². The van der Waals surface area contributed by atoms with Crippen LogP contribution >= 0.6 is 0 Å². The number of rotatable bonds is 4. The van der Waals surface area contributed by atoms with Gasteiger partial charge in [-0.3, -0.25) is 14.3 Å². The third-order valence-corrected chi connectivity index (χ3v) is 1.88. The monoisotopic (exact) mass is 218 g/mol. The highest BCUT2D eigenvalue weighted by Crippen LogP contribution is 2.07. The number of hydrogen-bond donors (Lipinski definition) is 2. The fourth-order valence-corrected chi connectivity index (χ4v) is 1.16. The predicted molar refractivity (Wildman–Crippen MR) is 49.0 cm³/mol. The molecule has 1 rings (SSSR count). The van der Waals surface area contributed by atoms with Crippen LogP contribution in [0.3, 0.4) is 0 Å². The first kappa shape index (κ1) is 11.6. The van der Waals surface area contributed by atoms with Crippen LogP contribution in [0.2, 0.25) is 0 Å². The van der Waals surface area contributed by atoms with Crippen molar-refractivity contribution in [3.05, 3.63) is 32.9 Å². The second-order valence-electron chi connectivity index (χ2n) is 2.85. The number of halogens is 1.